The molecule has 1 aromatic rings. The highest BCUT2D eigenvalue weighted by Gasteiger charge is 2.52. The van der Waals surface area contributed by atoms with E-state index in [4.69, 9.17) is 0 Å². The summed E-state index contributed by atoms with van der Waals surface area (Å²) in [5.74, 6) is 3.49. The Morgan fingerprint density at radius 3 is 2.29 bits per heavy atom. The molecular formula is C13H19N3O. The van der Waals surface area contributed by atoms with E-state index < -0.39 is 0 Å². The molecular weight excluding hydrogens is 214 g/mol. The van der Waals surface area contributed by atoms with Gasteiger partial charge in [-0.15, -0.1) is 10.2 Å². The summed E-state index contributed by atoms with van der Waals surface area (Å²) in [5.41, 5.74) is 0.246. The summed E-state index contributed by atoms with van der Waals surface area (Å²) in [6.45, 7) is 0.0156. The number of aliphatic hydroxyl groups excluding tert-OH is 1. The molecule has 5 rings (SSSR count). The Hall–Kier alpha value is -0.900. The first-order chi connectivity index (χ1) is 8.29. The van der Waals surface area contributed by atoms with Gasteiger partial charge in [0.1, 0.15) is 12.9 Å². The van der Waals surface area contributed by atoms with Gasteiger partial charge in [0.15, 0.2) is 5.82 Å². The van der Waals surface area contributed by atoms with E-state index in [-0.39, 0.29) is 12.1 Å². The van der Waals surface area contributed by atoms with Gasteiger partial charge in [0.05, 0.1) is 0 Å². The molecule has 0 radical (unpaired) electrons. The summed E-state index contributed by atoms with van der Waals surface area (Å²) < 4.78 is 2.21. The first-order valence-corrected chi connectivity index (χ1v) is 6.79. The van der Waals surface area contributed by atoms with Gasteiger partial charge in [-0.25, -0.2) is 0 Å². The molecule has 4 bridgehead atoms. The fraction of sp³-hybridized carbons (Fsp3) is 0.846. The quantitative estimate of drug-likeness (QED) is 0.845. The third-order valence-corrected chi connectivity index (χ3v) is 5.28. The third-order valence-electron chi connectivity index (χ3n) is 5.28. The summed E-state index contributed by atoms with van der Waals surface area (Å²) in [5, 5.41) is 17.4. The Labute approximate surface area is 101 Å². The lowest BCUT2D eigenvalue weighted by atomic mass is 9.53. The molecule has 4 heteroatoms. The van der Waals surface area contributed by atoms with E-state index in [1.54, 1.807) is 0 Å². The zero-order valence-corrected chi connectivity index (χ0v) is 10.0. The average molecular weight is 233 g/mol. The van der Waals surface area contributed by atoms with Crippen LogP contribution in [-0.4, -0.2) is 19.9 Å². The fourth-order valence-corrected chi connectivity index (χ4v) is 5.12. The Morgan fingerprint density at radius 1 is 1.18 bits per heavy atom. The van der Waals surface area contributed by atoms with E-state index in [1.807, 2.05) is 6.33 Å². The monoisotopic (exact) mass is 233 g/mol. The van der Waals surface area contributed by atoms with Gasteiger partial charge in [0, 0.05) is 5.54 Å². The molecule has 4 aliphatic carbocycles. The van der Waals surface area contributed by atoms with Crippen LogP contribution in [0, 0.1) is 17.8 Å². The van der Waals surface area contributed by atoms with Crippen molar-refractivity contribution in [3.8, 4) is 0 Å². The second-order valence-corrected chi connectivity index (χ2v) is 6.42. The van der Waals surface area contributed by atoms with Crippen molar-refractivity contribution in [1.82, 2.24) is 14.8 Å². The summed E-state index contributed by atoms with van der Waals surface area (Å²) in [6, 6.07) is 0. The number of hydrogen-bond donors (Lipinski definition) is 1. The maximum atomic E-state index is 9.39. The molecule has 0 saturated heterocycles. The average Bonchev–Trinajstić information content (AvgIpc) is 2.75. The molecule has 0 aliphatic heterocycles. The zero-order valence-electron chi connectivity index (χ0n) is 10.0. The largest absolute Gasteiger partial charge is 0.388 e. The molecule has 4 aliphatic rings. The van der Waals surface area contributed by atoms with Crippen LogP contribution in [-0.2, 0) is 12.1 Å². The summed E-state index contributed by atoms with van der Waals surface area (Å²) >= 11 is 0. The summed E-state index contributed by atoms with van der Waals surface area (Å²) in [7, 11) is 0. The second kappa shape index (κ2) is 3.31. The summed E-state index contributed by atoms with van der Waals surface area (Å²) in [4.78, 5) is 0. The molecule has 0 spiro atoms. The number of nitrogens with zero attached hydrogens (tertiary/aromatic N) is 3. The zero-order chi connectivity index (χ0) is 11.5. The second-order valence-electron chi connectivity index (χ2n) is 6.42. The van der Waals surface area contributed by atoms with Crippen molar-refractivity contribution in [2.75, 3.05) is 0 Å². The van der Waals surface area contributed by atoms with Gasteiger partial charge in [-0.3, -0.25) is 0 Å². The lowest BCUT2D eigenvalue weighted by Crippen LogP contribution is -2.52. The van der Waals surface area contributed by atoms with Crippen LogP contribution in [0.4, 0.5) is 0 Å². The molecule has 0 atom stereocenters. The predicted molar refractivity (Wildman–Crippen MR) is 62.1 cm³/mol. The molecule has 92 valence electrons. The van der Waals surface area contributed by atoms with E-state index in [2.05, 4.69) is 14.8 Å². The van der Waals surface area contributed by atoms with Gasteiger partial charge in [0.25, 0.3) is 0 Å². The molecule has 4 saturated carbocycles. The standard InChI is InChI=1S/C13H19N3O/c17-7-12-15-14-8-16(12)13-4-9-1-10(5-13)3-11(2-9)6-13/h8-11,17H,1-7H2. The molecule has 0 aromatic carbocycles. The van der Waals surface area contributed by atoms with Crippen molar-refractivity contribution in [3.05, 3.63) is 12.2 Å². The fourth-order valence-electron chi connectivity index (χ4n) is 5.12. The topological polar surface area (TPSA) is 50.9 Å². The maximum absolute atomic E-state index is 9.39. The first-order valence-electron chi connectivity index (χ1n) is 6.79. The minimum Gasteiger partial charge on any atom is -0.388 e. The highest BCUT2D eigenvalue weighted by Crippen LogP contribution is 2.58. The van der Waals surface area contributed by atoms with Gasteiger partial charge in [-0.2, -0.15) is 0 Å². The SMILES string of the molecule is OCc1nncn1C12CC3CC(CC(C3)C1)C2. The Morgan fingerprint density at radius 2 is 1.76 bits per heavy atom. The van der Waals surface area contributed by atoms with Crippen LogP contribution in [0.5, 0.6) is 0 Å². The van der Waals surface area contributed by atoms with Crippen LogP contribution >= 0.6 is 0 Å². The lowest BCUT2D eigenvalue weighted by Gasteiger charge is -2.57. The number of aromatic nitrogens is 3. The van der Waals surface area contributed by atoms with Gasteiger partial charge in [-0.05, 0) is 56.3 Å². The number of aliphatic hydroxyl groups is 1. The summed E-state index contributed by atoms with van der Waals surface area (Å²) in [6.07, 6.45) is 10.0. The molecule has 0 unspecified atom stereocenters. The van der Waals surface area contributed by atoms with Crippen LogP contribution in [0.25, 0.3) is 0 Å². The number of rotatable bonds is 2. The van der Waals surface area contributed by atoms with Crippen LogP contribution in [0.3, 0.4) is 0 Å². The molecule has 1 aromatic heterocycles. The van der Waals surface area contributed by atoms with Gasteiger partial charge < -0.3 is 9.67 Å². The molecule has 1 N–H and O–H groups in total. The van der Waals surface area contributed by atoms with Crippen LogP contribution in [0.2, 0.25) is 0 Å². The third kappa shape index (κ3) is 1.33. The van der Waals surface area contributed by atoms with Crippen molar-refractivity contribution in [3.63, 3.8) is 0 Å². The molecule has 17 heavy (non-hydrogen) atoms. The minimum absolute atomic E-state index is 0.0156. The molecule has 4 nitrogen and oxygen atoms in total. The van der Waals surface area contributed by atoms with E-state index >= 15 is 0 Å². The Balaban J connectivity index is 1.77. The molecule has 0 amide bonds. The van der Waals surface area contributed by atoms with Crippen LogP contribution < -0.4 is 0 Å². The van der Waals surface area contributed by atoms with E-state index in [0.29, 0.717) is 0 Å². The normalized spacial score (nSPS) is 43.2. The van der Waals surface area contributed by atoms with E-state index in [1.165, 1.54) is 38.5 Å². The van der Waals surface area contributed by atoms with Gasteiger partial charge >= 0.3 is 0 Å². The molecule has 4 fully saturated rings. The smallest absolute Gasteiger partial charge is 0.159 e. The van der Waals surface area contributed by atoms with Crippen molar-refractivity contribution in [2.45, 2.75) is 50.7 Å². The predicted octanol–water partition coefficient (Wildman–Crippen LogP) is 1.70. The van der Waals surface area contributed by atoms with Gasteiger partial charge in [-0.1, -0.05) is 0 Å². The lowest BCUT2D eigenvalue weighted by molar-refractivity contribution is -0.0458. The van der Waals surface area contributed by atoms with E-state index in [0.717, 1.165) is 23.6 Å². The Bertz CT molecular complexity index is 404. The van der Waals surface area contributed by atoms with Crippen LogP contribution in [0.1, 0.15) is 44.3 Å². The van der Waals surface area contributed by atoms with Crippen molar-refractivity contribution >= 4 is 0 Å². The highest BCUT2D eigenvalue weighted by molar-refractivity contribution is 5.07. The van der Waals surface area contributed by atoms with Crippen molar-refractivity contribution in [2.24, 2.45) is 17.8 Å². The van der Waals surface area contributed by atoms with Crippen LogP contribution in [0.15, 0.2) is 6.33 Å². The van der Waals surface area contributed by atoms with Gasteiger partial charge in [0.2, 0.25) is 0 Å². The van der Waals surface area contributed by atoms with Crippen molar-refractivity contribution < 1.29 is 5.11 Å². The van der Waals surface area contributed by atoms with E-state index in [9.17, 15) is 5.11 Å². The number of hydrogen-bond acceptors (Lipinski definition) is 3. The first kappa shape index (κ1) is 10.1. The van der Waals surface area contributed by atoms with Crippen molar-refractivity contribution in [1.29, 1.82) is 0 Å². The molecule has 1 heterocycles. The maximum Gasteiger partial charge on any atom is 0.159 e. The minimum atomic E-state index is 0.0156. The highest BCUT2D eigenvalue weighted by atomic mass is 16.3. The Kier molecular flexibility index (Phi) is 1.96.